The van der Waals surface area contributed by atoms with Gasteiger partial charge in [-0.05, 0) is 29.1 Å². The number of aliphatic hydroxyl groups excluding tert-OH is 1. The average Bonchev–Trinajstić information content (AvgIpc) is 2.93. The zero-order chi connectivity index (χ0) is 13.6. The molecule has 0 amide bonds. The molecule has 2 aromatic heterocycles. The fourth-order valence-corrected chi connectivity index (χ4v) is 3.14. The molecule has 1 N–H and O–H groups in total. The minimum Gasteiger partial charge on any atom is -0.408 e. The SMILES string of the molecule is Cn1c(=O)oc2cc(C(O)c3sccc3Cl)ccc21. The molecule has 0 bridgehead atoms. The Bertz CT molecular complexity index is 802. The number of aryl methyl sites for hydroxylation is 1. The molecule has 1 unspecified atom stereocenters. The molecule has 1 atom stereocenters. The van der Waals surface area contributed by atoms with Crippen molar-refractivity contribution in [2.75, 3.05) is 0 Å². The lowest BCUT2D eigenvalue weighted by atomic mass is 10.1. The van der Waals surface area contributed by atoms with E-state index in [-0.39, 0.29) is 0 Å². The van der Waals surface area contributed by atoms with Gasteiger partial charge in [-0.1, -0.05) is 17.7 Å². The van der Waals surface area contributed by atoms with Crippen LogP contribution in [0.5, 0.6) is 0 Å². The minimum atomic E-state index is -0.817. The number of benzene rings is 1. The van der Waals surface area contributed by atoms with Crippen LogP contribution in [0.2, 0.25) is 5.02 Å². The van der Waals surface area contributed by atoms with Crippen LogP contribution in [0, 0.1) is 0 Å². The Balaban J connectivity index is 2.11. The van der Waals surface area contributed by atoms with E-state index in [1.165, 1.54) is 15.9 Å². The third-order valence-electron chi connectivity index (χ3n) is 3.03. The van der Waals surface area contributed by atoms with Gasteiger partial charge in [0, 0.05) is 7.05 Å². The number of oxazole rings is 1. The summed E-state index contributed by atoms with van der Waals surface area (Å²) in [5.41, 5.74) is 1.79. The van der Waals surface area contributed by atoms with Gasteiger partial charge in [-0.25, -0.2) is 4.79 Å². The van der Waals surface area contributed by atoms with E-state index in [1.807, 2.05) is 5.38 Å². The van der Waals surface area contributed by atoms with Gasteiger partial charge in [0.1, 0.15) is 6.10 Å². The maximum absolute atomic E-state index is 11.4. The first-order chi connectivity index (χ1) is 9.08. The summed E-state index contributed by atoms with van der Waals surface area (Å²) >= 11 is 7.39. The van der Waals surface area contributed by atoms with Crippen LogP contribution >= 0.6 is 22.9 Å². The van der Waals surface area contributed by atoms with Crippen molar-refractivity contribution >= 4 is 34.0 Å². The van der Waals surface area contributed by atoms with E-state index in [9.17, 15) is 9.90 Å². The zero-order valence-corrected chi connectivity index (χ0v) is 11.5. The van der Waals surface area contributed by atoms with Gasteiger partial charge in [-0.2, -0.15) is 0 Å². The lowest BCUT2D eigenvalue weighted by molar-refractivity contribution is 0.224. The number of aliphatic hydroxyl groups is 1. The molecule has 0 aliphatic rings. The maximum Gasteiger partial charge on any atom is 0.419 e. The Morgan fingerprint density at radius 3 is 2.89 bits per heavy atom. The van der Waals surface area contributed by atoms with Crippen LogP contribution in [0.3, 0.4) is 0 Å². The molecule has 4 nitrogen and oxygen atoms in total. The zero-order valence-electron chi connectivity index (χ0n) is 9.96. The number of hydrogen-bond acceptors (Lipinski definition) is 4. The molecule has 0 aliphatic heterocycles. The van der Waals surface area contributed by atoms with Crippen molar-refractivity contribution < 1.29 is 9.52 Å². The Morgan fingerprint density at radius 1 is 1.42 bits per heavy atom. The molecule has 0 aliphatic carbocycles. The molecule has 3 rings (SSSR count). The number of aromatic nitrogens is 1. The minimum absolute atomic E-state index is 0.421. The summed E-state index contributed by atoms with van der Waals surface area (Å²) < 4.78 is 6.52. The number of thiophene rings is 1. The van der Waals surface area contributed by atoms with Gasteiger partial charge in [-0.15, -0.1) is 11.3 Å². The summed E-state index contributed by atoms with van der Waals surface area (Å²) in [6, 6.07) is 6.92. The van der Waals surface area contributed by atoms with Gasteiger partial charge in [0.25, 0.3) is 0 Å². The molecule has 98 valence electrons. The second-order valence-corrected chi connectivity index (χ2v) is 5.54. The average molecular weight is 296 g/mol. The number of hydrogen-bond donors (Lipinski definition) is 1. The van der Waals surface area contributed by atoms with E-state index in [0.29, 0.717) is 26.6 Å². The maximum atomic E-state index is 11.4. The highest BCUT2D eigenvalue weighted by Crippen LogP contribution is 2.33. The van der Waals surface area contributed by atoms with Crippen molar-refractivity contribution in [1.82, 2.24) is 4.57 Å². The molecule has 0 fully saturated rings. The van der Waals surface area contributed by atoms with Crippen molar-refractivity contribution in [3.63, 3.8) is 0 Å². The van der Waals surface area contributed by atoms with Crippen LogP contribution in [0.25, 0.3) is 11.1 Å². The molecule has 0 spiro atoms. The van der Waals surface area contributed by atoms with E-state index >= 15 is 0 Å². The summed E-state index contributed by atoms with van der Waals surface area (Å²) in [7, 11) is 1.64. The second-order valence-electron chi connectivity index (χ2n) is 4.19. The lowest BCUT2D eigenvalue weighted by Gasteiger charge is -2.09. The molecule has 2 heterocycles. The number of fused-ring (bicyclic) bond motifs is 1. The number of rotatable bonds is 2. The van der Waals surface area contributed by atoms with Crippen LogP contribution in [0.15, 0.2) is 38.9 Å². The van der Waals surface area contributed by atoms with E-state index in [2.05, 4.69) is 0 Å². The molecule has 19 heavy (non-hydrogen) atoms. The smallest absolute Gasteiger partial charge is 0.408 e. The third-order valence-corrected chi connectivity index (χ3v) is 4.44. The quantitative estimate of drug-likeness (QED) is 0.791. The molecule has 6 heteroatoms. The Morgan fingerprint density at radius 2 is 2.21 bits per heavy atom. The molecule has 3 aromatic rings. The van der Waals surface area contributed by atoms with Gasteiger partial charge in [0.2, 0.25) is 0 Å². The summed E-state index contributed by atoms with van der Waals surface area (Å²) in [6.07, 6.45) is -0.817. The third kappa shape index (κ3) is 2.00. The summed E-state index contributed by atoms with van der Waals surface area (Å²) in [4.78, 5) is 12.1. The van der Waals surface area contributed by atoms with Crippen molar-refractivity contribution in [2.45, 2.75) is 6.10 Å². The number of halogens is 1. The molecular formula is C13H10ClNO3S. The fourth-order valence-electron chi connectivity index (χ4n) is 1.97. The molecule has 1 aromatic carbocycles. The summed E-state index contributed by atoms with van der Waals surface area (Å²) in [5, 5.41) is 12.7. The van der Waals surface area contributed by atoms with Gasteiger partial charge < -0.3 is 9.52 Å². The Kier molecular flexibility index (Phi) is 2.97. The molecular weight excluding hydrogens is 286 g/mol. The first-order valence-corrected chi connectivity index (χ1v) is 6.84. The van der Waals surface area contributed by atoms with Crippen molar-refractivity contribution in [1.29, 1.82) is 0 Å². The molecule has 0 radical (unpaired) electrons. The van der Waals surface area contributed by atoms with Crippen LogP contribution < -0.4 is 5.76 Å². The molecule has 0 saturated carbocycles. The van der Waals surface area contributed by atoms with Crippen LogP contribution in [0.1, 0.15) is 16.5 Å². The predicted molar refractivity (Wildman–Crippen MR) is 74.8 cm³/mol. The first-order valence-electron chi connectivity index (χ1n) is 5.58. The van der Waals surface area contributed by atoms with Crippen molar-refractivity contribution in [2.24, 2.45) is 7.05 Å². The van der Waals surface area contributed by atoms with E-state index in [4.69, 9.17) is 16.0 Å². The standard InChI is InChI=1S/C13H10ClNO3S/c1-15-9-3-2-7(6-10(9)18-13(15)17)11(16)12-8(14)4-5-19-12/h2-6,11,16H,1H3. The highest BCUT2D eigenvalue weighted by Gasteiger charge is 2.17. The normalized spacial score (nSPS) is 13.0. The van der Waals surface area contributed by atoms with Crippen LogP contribution in [0.4, 0.5) is 0 Å². The topological polar surface area (TPSA) is 55.4 Å². The Hall–Kier alpha value is -1.56. The van der Waals surface area contributed by atoms with E-state index < -0.39 is 11.9 Å². The largest absolute Gasteiger partial charge is 0.419 e. The monoisotopic (exact) mass is 295 g/mol. The van der Waals surface area contributed by atoms with E-state index in [0.717, 1.165) is 0 Å². The van der Waals surface area contributed by atoms with Crippen LogP contribution in [-0.2, 0) is 7.05 Å². The summed E-state index contributed by atoms with van der Waals surface area (Å²) in [6.45, 7) is 0. The predicted octanol–water partition coefficient (Wildman–Crippen LogP) is 2.93. The van der Waals surface area contributed by atoms with E-state index in [1.54, 1.807) is 31.3 Å². The Labute approximate surface area is 117 Å². The lowest BCUT2D eigenvalue weighted by Crippen LogP contribution is -2.08. The van der Waals surface area contributed by atoms with Crippen molar-refractivity contribution in [3.05, 3.63) is 55.7 Å². The van der Waals surface area contributed by atoms with Gasteiger partial charge in [0.15, 0.2) is 5.58 Å². The fraction of sp³-hybridized carbons (Fsp3) is 0.154. The first kappa shape index (κ1) is 12.5. The molecule has 0 saturated heterocycles. The van der Waals surface area contributed by atoms with Gasteiger partial charge in [0.05, 0.1) is 15.4 Å². The van der Waals surface area contributed by atoms with Gasteiger partial charge >= 0.3 is 5.76 Å². The summed E-state index contributed by atoms with van der Waals surface area (Å²) in [5.74, 6) is -0.421. The highest BCUT2D eigenvalue weighted by atomic mass is 35.5. The highest BCUT2D eigenvalue weighted by molar-refractivity contribution is 7.10. The van der Waals surface area contributed by atoms with Crippen molar-refractivity contribution in [3.8, 4) is 0 Å². The van der Waals surface area contributed by atoms with Gasteiger partial charge in [-0.3, -0.25) is 4.57 Å². The number of nitrogens with zero attached hydrogens (tertiary/aromatic N) is 1. The second kappa shape index (κ2) is 4.52. The van der Waals surface area contributed by atoms with Crippen LogP contribution in [-0.4, -0.2) is 9.67 Å².